The molecule has 2 heteroatoms. The molecular formula is C18H24O2. The molecule has 0 aliphatic heterocycles. The fraction of sp³-hybridized carbons (Fsp3) is 0.444. The summed E-state index contributed by atoms with van der Waals surface area (Å²) >= 11 is 0. The molecule has 0 saturated carbocycles. The van der Waals surface area contributed by atoms with Gasteiger partial charge in [-0.25, -0.2) is 0 Å². The predicted molar refractivity (Wildman–Crippen MR) is 83.3 cm³/mol. The molecule has 1 atom stereocenters. The van der Waals surface area contributed by atoms with Crippen LogP contribution in [0.3, 0.4) is 0 Å². The highest BCUT2D eigenvalue weighted by atomic mass is 16.5. The molecule has 1 aliphatic carbocycles. The summed E-state index contributed by atoms with van der Waals surface area (Å²) in [4.78, 5) is 0. The fourth-order valence-corrected chi connectivity index (χ4v) is 3.00. The molecule has 1 aliphatic rings. The quantitative estimate of drug-likeness (QED) is 0.598. The average Bonchev–Trinajstić information content (AvgIpc) is 2.39. The van der Waals surface area contributed by atoms with Crippen molar-refractivity contribution in [2.24, 2.45) is 0 Å². The van der Waals surface area contributed by atoms with E-state index in [2.05, 4.69) is 26.5 Å². The van der Waals surface area contributed by atoms with Crippen molar-refractivity contribution in [1.82, 2.24) is 0 Å². The lowest BCUT2D eigenvalue weighted by Gasteiger charge is -2.23. The Balaban J connectivity index is 2.44. The largest absolute Gasteiger partial charge is 0.507 e. The van der Waals surface area contributed by atoms with Gasteiger partial charge in [-0.15, -0.1) is 0 Å². The Labute approximate surface area is 121 Å². The average molecular weight is 272 g/mol. The monoisotopic (exact) mass is 272 g/mol. The Morgan fingerprint density at radius 2 is 2.25 bits per heavy atom. The highest BCUT2D eigenvalue weighted by molar-refractivity contribution is 5.51. The van der Waals surface area contributed by atoms with E-state index in [9.17, 15) is 5.11 Å². The summed E-state index contributed by atoms with van der Waals surface area (Å²) in [5.74, 6) is 1.34. The second-order valence-corrected chi connectivity index (χ2v) is 5.57. The van der Waals surface area contributed by atoms with Gasteiger partial charge in [0, 0.05) is 11.5 Å². The molecule has 0 aromatic heterocycles. The predicted octanol–water partition coefficient (Wildman–Crippen LogP) is 5.08. The standard InChI is InChI=1S/C18H24O2/c1-4-7-14-11-16(19)18(17(12-14)20-5-2)15-9-6-8-13(3)10-15/h5,10-12,15,19H,2,4,6-9H2,1,3H3. The molecule has 0 fully saturated rings. The van der Waals surface area contributed by atoms with E-state index in [1.165, 1.54) is 11.8 Å². The number of ether oxygens (including phenoxy) is 1. The second kappa shape index (κ2) is 6.65. The van der Waals surface area contributed by atoms with Gasteiger partial charge < -0.3 is 9.84 Å². The van der Waals surface area contributed by atoms with Crippen LogP contribution in [0.4, 0.5) is 0 Å². The topological polar surface area (TPSA) is 29.5 Å². The molecule has 20 heavy (non-hydrogen) atoms. The van der Waals surface area contributed by atoms with E-state index in [0.717, 1.165) is 49.0 Å². The first-order chi connectivity index (χ1) is 9.65. The molecule has 0 bridgehead atoms. The van der Waals surface area contributed by atoms with Gasteiger partial charge in [-0.05, 0) is 50.3 Å². The van der Waals surface area contributed by atoms with Crippen LogP contribution < -0.4 is 4.74 Å². The summed E-state index contributed by atoms with van der Waals surface area (Å²) in [6.45, 7) is 7.93. The number of aryl methyl sites for hydroxylation is 1. The Morgan fingerprint density at radius 3 is 2.90 bits per heavy atom. The number of aromatic hydroxyl groups is 1. The van der Waals surface area contributed by atoms with Gasteiger partial charge in [0.2, 0.25) is 0 Å². The third kappa shape index (κ3) is 3.24. The van der Waals surface area contributed by atoms with E-state index in [1.54, 1.807) is 0 Å². The zero-order valence-electron chi connectivity index (χ0n) is 12.5. The van der Waals surface area contributed by atoms with E-state index in [-0.39, 0.29) is 5.92 Å². The molecule has 0 amide bonds. The molecule has 1 aromatic carbocycles. The Bertz CT molecular complexity index is 514. The van der Waals surface area contributed by atoms with Gasteiger partial charge in [-0.3, -0.25) is 0 Å². The van der Waals surface area contributed by atoms with E-state index < -0.39 is 0 Å². The first kappa shape index (κ1) is 14.7. The number of phenols is 1. The minimum atomic E-state index is 0.245. The maximum atomic E-state index is 10.4. The van der Waals surface area contributed by atoms with Crippen molar-refractivity contribution in [3.8, 4) is 11.5 Å². The maximum absolute atomic E-state index is 10.4. The van der Waals surface area contributed by atoms with E-state index in [4.69, 9.17) is 4.74 Å². The second-order valence-electron chi connectivity index (χ2n) is 5.57. The van der Waals surface area contributed by atoms with Crippen LogP contribution in [0, 0.1) is 0 Å². The van der Waals surface area contributed by atoms with Gasteiger partial charge in [0.1, 0.15) is 11.5 Å². The number of benzene rings is 1. The summed E-state index contributed by atoms with van der Waals surface area (Å²) in [6.07, 6.45) is 9.07. The third-order valence-electron chi connectivity index (χ3n) is 3.87. The number of allylic oxidation sites excluding steroid dienone is 2. The molecule has 2 nitrogen and oxygen atoms in total. The normalized spacial score (nSPS) is 18.5. The van der Waals surface area contributed by atoms with E-state index >= 15 is 0 Å². The van der Waals surface area contributed by atoms with Crippen LogP contribution in [-0.4, -0.2) is 5.11 Å². The summed E-state index contributed by atoms with van der Waals surface area (Å²) in [7, 11) is 0. The zero-order chi connectivity index (χ0) is 14.5. The molecule has 1 aromatic rings. The van der Waals surface area contributed by atoms with Gasteiger partial charge in [0.05, 0.1) is 6.26 Å². The Morgan fingerprint density at radius 1 is 1.45 bits per heavy atom. The van der Waals surface area contributed by atoms with E-state index in [0.29, 0.717) is 5.75 Å². The fourth-order valence-electron chi connectivity index (χ4n) is 3.00. The van der Waals surface area contributed by atoms with Crippen molar-refractivity contribution < 1.29 is 9.84 Å². The van der Waals surface area contributed by atoms with Crippen LogP contribution in [-0.2, 0) is 6.42 Å². The highest BCUT2D eigenvalue weighted by Gasteiger charge is 2.22. The minimum absolute atomic E-state index is 0.245. The van der Waals surface area contributed by atoms with Gasteiger partial charge in [-0.2, -0.15) is 0 Å². The lowest BCUT2D eigenvalue weighted by Crippen LogP contribution is -2.05. The van der Waals surface area contributed by atoms with Crippen LogP contribution in [0.2, 0.25) is 0 Å². The minimum Gasteiger partial charge on any atom is -0.507 e. The lowest BCUT2D eigenvalue weighted by molar-refractivity contribution is 0.432. The van der Waals surface area contributed by atoms with Gasteiger partial charge in [-0.1, -0.05) is 31.6 Å². The molecule has 1 N–H and O–H groups in total. The number of hydrogen-bond donors (Lipinski definition) is 1. The summed E-state index contributed by atoms with van der Waals surface area (Å²) in [5.41, 5.74) is 3.41. The Kier molecular flexibility index (Phi) is 4.89. The third-order valence-corrected chi connectivity index (χ3v) is 3.87. The first-order valence-electron chi connectivity index (χ1n) is 7.46. The SMILES string of the molecule is C=COc1cc(CCC)cc(O)c1C1C=C(C)CCC1. The maximum Gasteiger partial charge on any atom is 0.134 e. The van der Waals surface area contributed by atoms with Crippen molar-refractivity contribution >= 4 is 0 Å². The van der Waals surface area contributed by atoms with Gasteiger partial charge in [0.15, 0.2) is 0 Å². The van der Waals surface area contributed by atoms with Crippen LogP contribution in [0.25, 0.3) is 0 Å². The molecule has 2 rings (SSSR count). The van der Waals surface area contributed by atoms with Gasteiger partial charge in [0.25, 0.3) is 0 Å². The van der Waals surface area contributed by atoms with Crippen molar-refractivity contribution in [1.29, 1.82) is 0 Å². The molecular weight excluding hydrogens is 248 g/mol. The van der Waals surface area contributed by atoms with Crippen molar-refractivity contribution in [2.45, 2.75) is 51.9 Å². The molecule has 0 spiro atoms. The van der Waals surface area contributed by atoms with Crippen LogP contribution in [0.15, 0.2) is 36.6 Å². The Hall–Kier alpha value is -1.70. The first-order valence-corrected chi connectivity index (χ1v) is 7.46. The van der Waals surface area contributed by atoms with Gasteiger partial charge >= 0.3 is 0 Å². The zero-order valence-corrected chi connectivity index (χ0v) is 12.5. The highest BCUT2D eigenvalue weighted by Crippen LogP contribution is 2.42. The van der Waals surface area contributed by atoms with E-state index in [1.807, 2.05) is 12.1 Å². The molecule has 108 valence electrons. The molecule has 0 radical (unpaired) electrons. The number of rotatable bonds is 5. The van der Waals surface area contributed by atoms with Crippen LogP contribution >= 0.6 is 0 Å². The smallest absolute Gasteiger partial charge is 0.134 e. The van der Waals surface area contributed by atoms with Crippen LogP contribution in [0.5, 0.6) is 11.5 Å². The molecule has 0 heterocycles. The summed E-state index contributed by atoms with van der Waals surface area (Å²) in [6, 6.07) is 3.92. The summed E-state index contributed by atoms with van der Waals surface area (Å²) < 4.78 is 5.57. The van der Waals surface area contributed by atoms with Crippen molar-refractivity contribution in [3.63, 3.8) is 0 Å². The van der Waals surface area contributed by atoms with Crippen molar-refractivity contribution in [3.05, 3.63) is 47.7 Å². The lowest BCUT2D eigenvalue weighted by atomic mass is 9.84. The number of hydrogen-bond acceptors (Lipinski definition) is 2. The molecule has 0 saturated heterocycles. The number of phenolic OH excluding ortho intramolecular Hbond substituents is 1. The van der Waals surface area contributed by atoms with Crippen molar-refractivity contribution in [2.75, 3.05) is 0 Å². The van der Waals surface area contributed by atoms with Crippen LogP contribution in [0.1, 0.15) is 56.6 Å². The summed E-state index contributed by atoms with van der Waals surface area (Å²) in [5, 5.41) is 10.4. The molecule has 1 unspecified atom stereocenters.